The zero-order chi connectivity index (χ0) is 12.8. The Morgan fingerprint density at radius 2 is 2.00 bits per heavy atom. The van der Waals surface area contributed by atoms with Gasteiger partial charge in [0, 0.05) is 13.7 Å². The fraction of sp³-hybridized carbons (Fsp3) is 0.625. The van der Waals surface area contributed by atoms with Gasteiger partial charge in [0.25, 0.3) is 0 Å². The summed E-state index contributed by atoms with van der Waals surface area (Å²) < 4.78 is 5.60. The molecule has 0 amide bonds. The fourth-order valence-electron chi connectivity index (χ4n) is 2.61. The van der Waals surface area contributed by atoms with E-state index in [1.54, 1.807) is 0 Å². The van der Waals surface area contributed by atoms with Gasteiger partial charge in [-0.1, -0.05) is 37.3 Å². The summed E-state index contributed by atoms with van der Waals surface area (Å²) in [7, 11) is 1.84. The Hall–Kier alpha value is -0.860. The second-order valence-electron chi connectivity index (χ2n) is 5.52. The maximum absolute atomic E-state index is 5.60. The van der Waals surface area contributed by atoms with Crippen LogP contribution >= 0.6 is 0 Å². The van der Waals surface area contributed by atoms with Gasteiger partial charge in [0.05, 0.1) is 5.60 Å². The quantitative estimate of drug-likeness (QED) is 0.746. The highest BCUT2D eigenvalue weighted by Gasteiger charge is 2.36. The van der Waals surface area contributed by atoms with Crippen molar-refractivity contribution in [2.75, 3.05) is 20.2 Å². The molecule has 1 aliphatic rings. The van der Waals surface area contributed by atoms with Gasteiger partial charge < -0.3 is 10.1 Å². The molecule has 1 saturated carbocycles. The van der Waals surface area contributed by atoms with Gasteiger partial charge in [-0.25, -0.2) is 0 Å². The molecule has 0 spiro atoms. The van der Waals surface area contributed by atoms with E-state index in [0.717, 1.165) is 13.1 Å². The van der Waals surface area contributed by atoms with Gasteiger partial charge in [-0.05, 0) is 43.7 Å². The van der Waals surface area contributed by atoms with Crippen molar-refractivity contribution in [3.05, 3.63) is 35.9 Å². The molecular formula is C16H25NO. The van der Waals surface area contributed by atoms with Gasteiger partial charge in [-0.2, -0.15) is 0 Å². The first-order valence-electron chi connectivity index (χ1n) is 7.07. The van der Waals surface area contributed by atoms with Gasteiger partial charge in [-0.3, -0.25) is 0 Å². The normalized spacial score (nSPS) is 19.2. The van der Waals surface area contributed by atoms with Gasteiger partial charge >= 0.3 is 0 Å². The third kappa shape index (κ3) is 3.33. The lowest BCUT2D eigenvalue weighted by Gasteiger charge is -2.40. The van der Waals surface area contributed by atoms with Crippen molar-refractivity contribution in [3.63, 3.8) is 0 Å². The van der Waals surface area contributed by atoms with E-state index in [9.17, 15) is 0 Å². The van der Waals surface area contributed by atoms with Crippen LogP contribution < -0.4 is 5.32 Å². The maximum atomic E-state index is 5.60. The summed E-state index contributed by atoms with van der Waals surface area (Å²) in [5.74, 6) is 0.624. The van der Waals surface area contributed by atoms with E-state index < -0.39 is 0 Å². The van der Waals surface area contributed by atoms with Crippen LogP contribution in [0.2, 0.25) is 0 Å². The largest absolute Gasteiger partial charge is 0.377 e. The third-order valence-electron chi connectivity index (χ3n) is 4.27. The first-order valence-corrected chi connectivity index (χ1v) is 7.07. The molecule has 18 heavy (non-hydrogen) atoms. The van der Waals surface area contributed by atoms with Crippen molar-refractivity contribution in [1.29, 1.82) is 0 Å². The molecule has 1 atom stereocenters. The van der Waals surface area contributed by atoms with E-state index in [1.807, 2.05) is 7.11 Å². The van der Waals surface area contributed by atoms with Crippen LogP contribution in [0, 0.1) is 0 Å². The molecule has 2 nitrogen and oxygen atoms in total. The Balaban J connectivity index is 1.66. The van der Waals surface area contributed by atoms with Gasteiger partial charge in [0.1, 0.15) is 0 Å². The molecule has 1 fully saturated rings. The third-order valence-corrected chi connectivity index (χ3v) is 4.27. The smallest absolute Gasteiger partial charge is 0.0802 e. The molecule has 0 saturated heterocycles. The van der Waals surface area contributed by atoms with E-state index in [1.165, 1.54) is 31.2 Å². The molecule has 2 rings (SSSR count). The molecule has 0 aliphatic heterocycles. The minimum atomic E-state index is 0.149. The lowest BCUT2D eigenvalue weighted by atomic mass is 9.80. The topological polar surface area (TPSA) is 21.3 Å². The van der Waals surface area contributed by atoms with Crippen LogP contribution in [0.5, 0.6) is 0 Å². The summed E-state index contributed by atoms with van der Waals surface area (Å²) in [6.45, 7) is 4.37. The number of ether oxygens (including phenoxy) is 1. The number of hydrogen-bond acceptors (Lipinski definition) is 2. The molecular weight excluding hydrogens is 222 g/mol. The zero-order valence-corrected chi connectivity index (χ0v) is 11.6. The lowest BCUT2D eigenvalue weighted by Crippen LogP contribution is -2.48. The van der Waals surface area contributed by atoms with Crippen molar-refractivity contribution in [1.82, 2.24) is 5.32 Å². The van der Waals surface area contributed by atoms with E-state index >= 15 is 0 Å². The molecule has 0 bridgehead atoms. The van der Waals surface area contributed by atoms with Crippen LogP contribution in [-0.4, -0.2) is 25.8 Å². The second-order valence-corrected chi connectivity index (χ2v) is 5.52. The highest BCUT2D eigenvalue weighted by atomic mass is 16.5. The number of rotatable bonds is 7. The number of methoxy groups -OCH3 is 1. The Bertz CT molecular complexity index is 340. The molecule has 0 aromatic heterocycles. The molecule has 1 unspecified atom stereocenters. The summed E-state index contributed by atoms with van der Waals surface area (Å²) in [6, 6.07) is 10.7. The monoisotopic (exact) mass is 247 g/mol. The fourth-order valence-corrected chi connectivity index (χ4v) is 2.61. The van der Waals surface area contributed by atoms with Crippen LogP contribution in [0.3, 0.4) is 0 Å². The predicted molar refractivity (Wildman–Crippen MR) is 75.9 cm³/mol. The van der Waals surface area contributed by atoms with Crippen LogP contribution in [0.4, 0.5) is 0 Å². The summed E-state index contributed by atoms with van der Waals surface area (Å²) in [6.07, 6.45) is 4.93. The molecule has 1 aromatic carbocycles. The molecule has 0 heterocycles. The lowest BCUT2D eigenvalue weighted by molar-refractivity contribution is -0.0692. The number of nitrogens with one attached hydrogen (secondary N) is 1. The molecule has 2 heteroatoms. The van der Waals surface area contributed by atoms with Crippen LogP contribution in [0.15, 0.2) is 30.3 Å². The minimum Gasteiger partial charge on any atom is -0.377 e. The first kappa shape index (κ1) is 13.6. The number of hydrogen-bond donors (Lipinski definition) is 1. The summed E-state index contributed by atoms with van der Waals surface area (Å²) in [4.78, 5) is 0. The average Bonchev–Trinajstić information content (AvgIpc) is 2.38. The first-order chi connectivity index (χ1) is 8.76. The standard InChI is InChI=1S/C16H25NO/c1-14(15-7-4-3-5-8-15)9-12-17-13-16(18-2)10-6-11-16/h3-5,7-8,14,17H,6,9-13H2,1-2H3. The second kappa shape index (κ2) is 6.35. The van der Waals surface area contributed by atoms with Crippen LogP contribution in [0.1, 0.15) is 44.1 Å². The van der Waals surface area contributed by atoms with Crippen LogP contribution in [0.25, 0.3) is 0 Å². The molecule has 1 aromatic rings. The van der Waals surface area contributed by atoms with Gasteiger partial charge in [-0.15, -0.1) is 0 Å². The van der Waals surface area contributed by atoms with Crippen molar-refractivity contribution in [3.8, 4) is 0 Å². The van der Waals surface area contributed by atoms with E-state index in [4.69, 9.17) is 4.74 Å². The zero-order valence-electron chi connectivity index (χ0n) is 11.6. The Labute approximate surface area is 111 Å². The van der Waals surface area contributed by atoms with Gasteiger partial charge in [0.15, 0.2) is 0 Å². The van der Waals surface area contributed by atoms with Crippen molar-refractivity contribution in [2.45, 2.75) is 44.1 Å². The van der Waals surface area contributed by atoms with Crippen molar-refractivity contribution in [2.24, 2.45) is 0 Å². The van der Waals surface area contributed by atoms with E-state index in [-0.39, 0.29) is 5.60 Å². The maximum Gasteiger partial charge on any atom is 0.0802 e. The minimum absolute atomic E-state index is 0.149. The summed E-state index contributed by atoms with van der Waals surface area (Å²) in [5.41, 5.74) is 1.58. The van der Waals surface area contributed by atoms with Crippen molar-refractivity contribution < 1.29 is 4.74 Å². The van der Waals surface area contributed by atoms with E-state index in [0.29, 0.717) is 5.92 Å². The molecule has 1 aliphatic carbocycles. The summed E-state index contributed by atoms with van der Waals surface area (Å²) >= 11 is 0. The van der Waals surface area contributed by atoms with Crippen LogP contribution in [-0.2, 0) is 4.74 Å². The molecule has 1 N–H and O–H groups in total. The van der Waals surface area contributed by atoms with Gasteiger partial charge in [0.2, 0.25) is 0 Å². The Morgan fingerprint density at radius 1 is 1.28 bits per heavy atom. The summed E-state index contributed by atoms with van der Waals surface area (Å²) in [5, 5.41) is 3.55. The van der Waals surface area contributed by atoms with Crippen molar-refractivity contribution >= 4 is 0 Å². The SMILES string of the molecule is COC1(CNCCC(C)c2ccccc2)CCC1. The highest BCUT2D eigenvalue weighted by molar-refractivity contribution is 5.18. The Kier molecular flexibility index (Phi) is 4.79. The number of benzene rings is 1. The molecule has 0 radical (unpaired) electrons. The predicted octanol–water partition coefficient (Wildman–Crippen LogP) is 3.34. The Morgan fingerprint density at radius 3 is 2.56 bits per heavy atom. The average molecular weight is 247 g/mol. The molecule has 100 valence electrons. The highest BCUT2D eigenvalue weighted by Crippen LogP contribution is 2.34. The van der Waals surface area contributed by atoms with E-state index in [2.05, 4.69) is 42.6 Å².